The maximum absolute atomic E-state index is 10.5. The van der Waals surface area contributed by atoms with Gasteiger partial charge < -0.3 is 15.3 Å². The molecule has 0 amide bonds. The second-order valence-electron chi connectivity index (χ2n) is 10.8. The van der Waals surface area contributed by atoms with Gasteiger partial charge in [-0.15, -0.1) is 0 Å². The average Bonchev–Trinajstić information content (AvgIpc) is 3.12. The molecule has 4 heteroatoms. The van der Waals surface area contributed by atoms with Gasteiger partial charge in [-0.3, -0.25) is 0 Å². The average molecular weight is 463 g/mol. The first kappa shape index (κ1) is 26.1. The van der Waals surface area contributed by atoms with Crippen LogP contribution in [0.2, 0.25) is 0 Å². The van der Waals surface area contributed by atoms with E-state index in [0.717, 1.165) is 37.9 Å². The third-order valence-electron chi connectivity index (χ3n) is 8.59. The van der Waals surface area contributed by atoms with Crippen molar-refractivity contribution in [3.8, 4) is 0 Å². The largest absolute Gasteiger partial charge is 0.393 e. The number of hydrogen-bond acceptors (Lipinski definition) is 4. The van der Waals surface area contributed by atoms with Crippen molar-refractivity contribution in [1.29, 1.82) is 0 Å². The van der Waals surface area contributed by atoms with Crippen molar-refractivity contribution in [2.45, 2.75) is 121 Å². The molecule has 0 spiro atoms. The van der Waals surface area contributed by atoms with Crippen molar-refractivity contribution in [2.24, 2.45) is 11.3 Å². The highest BCUT2D eigenvalue weighted by molar-refractivity contribution is 8.00. The summed E-state index contributed by atoms with van der Waals surface area (Å²) in [5.41, 5.74) is 4.16. The first-order valence-electron chi connectivity index (χ1n) is 13.0. The van der Waals surface area contributed by atoms with E-state index in [-0.39, 0.29) is 5.41 Å². The van der Waals surface area contributed by atoms with Crippen LogP contribution in [0.4, 0.5) is 0 Å². The van der Waals surface area contributed by atoms with Gasteiger partial charge in [-0.05, 0) is 94.6 Å². The number of rotatable bonds is 9. The van der Waals surface area contributed by atoms with Crippen molar-refractivity contribution in [1.82, 2.24) is 0 Å². The van der Waals surface area contributed by atoms with Crippen LogP contribution in [0.15, 0.2) is 34.9 Å². The Hall–Kier alpha value is -0.550. The van der Waals surface area contributed by atoms with Crippen molar-refractivity contribution in [3.05, 3.63) is 34.9 Å². The summed E-state index contributed by atoms with van der Waals surface area (Å²) in [6, 6.07) is 0. The third kappa shape index (κ3) is 6.11. The van der Waals surface area contributed by atoms with Gasteiger partial charge >= 0.3 is 0 Å². The van der Waals surface area contributed by atoms with Crippen molar-refractivity contribution in [2.75, 3.05) is 5.75 Å². The van der Waals surface area contributed by atoms with E-state index < -0.39 is 17.8 Å². The molecule has 0 aromatic rings. The Labute approximate surface area is 200 Å². The van der Waals surface area contributed by atoms with Crippen molar-refractivity contribution < 1.29 is 15.3 Å². The van der Waals surface area contributed by atoms with Crippen LogP contribution < -0.4 is 0 Å². The molecule has 3 aliphatic rings. The lowest BCUT2D eigenvalue weighted by atomic mass is 9.64. The van der Waals surface area contributed by atoms with Crippen LogP contribution in [0, 0.1) is 11.3 Å². The summed E-state index contributed by atoms with van der Waals surface area (Å²) >= 11 is 2.06. The fourth-order valence-corrected chi connectivity index (χ4v) is 7.58. The molecule has 0 aromatic carbocycles. The van der Waals surface area contributed by atoms with Gasteiger partial charge in [0.15, 0.2) is 0 Å². The molecular formula is C28H46O3S. The smallest absolute Gasteiger partial charge is 0.0642 e. The van der Waals surface area contributed by atoms with E-state index in [9.17, 15) is 15.3 Å². The summed E-state index contributed by atoms with van der Waals surface area (Å²) in [5.74, 6) is 1.70. The van der Waals surface area contributed by atoms with E-state index in [0.29, 0.717) is 30.4 Å². The van der Waals surface area contributed by atoms with E-state index >= 15 is 0 Å². The fraction of sp³-hybridized carbons (Fsp3) is 0.786. The van der Waals surface area contributed by atoms with Gasteiger partial charge in [-0.2, -0.15) is 11.8 Å². The molecule has 3 N–H and O–H groups in total. The van der Waals surface area contributed by atoms with Crippen LogP contribution in [0.1, 0.15) is 98.3 Å². The van der Waals surface area contributed by atoms with Crippen LogP contribution in [-0.4, -0.2) is 44.1 Å². The van der Waals surface area contributed by atoms with Gasteiger partial charge in [0, 0.05) is 5.25 Å². The van der Waals surface area contributed by atoms with Gasteiger partial charge in [0.05, 0.1) is 17.8 Å². The van der Waals surface area contributed by atoms with Gasteiger partial charge in [0.25, 0.3) is 0 Å². The maximum atomic E-state index is 10.5. The minimum atomic E-state index is -0.477. The normalized spacial score (nSPS) is 33.2. The van der Waals surface area contributed by atoms with Crippen molar-refractivity contribution >= 4 is 11.8 Å². The fourth-order valence-electron chi connectivity index (χ4n) is 6.37. The number of aliphatic hydroxyl groups is 3. The van der Waals surface area contributed by atoms with Gasteiger partial charge in [-0.25, -0.2) is 0 Å². The van der Waals surface area contributed by atoms with Crippen LogP contribution >= 0.6 is 11.8 Å². The lowest BCUT2D eigenvalue weighted by Crippen LogP contribution is -2.33. The monoisotopic (exact) mass is 462 g/mol. The lowest BCUT2D eigenvalue weighted by molar-refractivity contribution is 0.0232. The summed E-state index contributed by atoms with van der Waals surface area (Å²) in [6.07, 6.45) is 16.7. The Morgan fingerprint density at radius 2 is 1.88 bits per heavy atom. The summed E-state index contributed by atoms with van der Waals surface area (Å²) in [7, 11) is 0. The molecule has 2 saturated carbocycles. The Kier molecular flexibility index (Phi) is 9.16. The third-order valence-corrected chi connectivity index (χ3v) is 9.87. The summed E-state index contributed by atoms with van der Waals surface area (Å²) in [6.45, 7) is 9.04. The zero-order valence-electron chi connectivity index (χ0n) is 20.8. The number of fused-ring (bicyclic) bond motifs is 1. The highest BCUT2D eigenvalue weighted by Gasteiger charge is 2.46. The van der Waals surface area contributed by atoms with Crippen LogP contribution in [0.3, 0.4) is 0 Å². The van der Waals surface area contributed by atoms with Crippen molar-refractivity contribution in [3.63, 3.8) is 0 Å². The SMILES string of the molecule is CCC(O)(CC)CCCS[C@@H](C)C1=CCC2/C(=C/C=C3C[C@@H](O)C[C@H](O)C3)CCC[C@]12C. The Balaban J connectivity index is 1.60. The molecule has 182 valence electrons. The first-order valence-corrected chi connectivity index (χ1v) is 14.0. The Bertz CT molecular complexity index is 708. The molecule has 3 nitrogen and oxygen atoms in total. The summed E-state index contributed by atoms with van der Waals surface area (Å²) < 4.78 is 0. The van der Waals surface area contributed by atoms with Gasteiger partial charge in [0.1, 0.15) is 0 Å². The minimum absolute atomic E-state index is 0.258. The minimum Gasteiger partial charge on any atom is -0.393 e. The molecule has 0 bridgehead atoms. The molecular weight excluding hydrogens is 416 g/mol. The molecule has 0 radical (unpaired) electrons. The molecule has 5 atom stereocenters. The number of allylic oxidation sites excluding steroid dienone is 4. The van der Waals surface area contributed by atoms with E-state index in [2.05, 4.69) is 57.7 Å². The second kappa shape index (κ2) is 11.3. The topological polar surface area (TPSA) is 60.7 Å². The van der Waals surface area contributed by atoms with Gasteiger partial charge in [-0.1, -0.05) is 55.7 Å². The zero-order valence-corrected chi connectivity index (χ0v) is 21.6. The van der Waals surface area contributed by atoms with Crippen LogP contribution in [0.25, 0.3) is 0 Å². The summed E-state index contributed by atoms with van der Waals surface area (Å²) in [4.78, 5) is 0. The maximum Gasteiger partial charge on any atom is 0.0642 e. The first-order chi connectivity index (χ1) is 15.2. The van der Waals surface area contributed by atoms with E-state index in [1.807, 2.05) is 0 Å². The molecule has 3 aliphatic carbocycles. The number of aliphatic hydroxyl groups excluding tert-OH is 2. The van der Waals surface area contributed by atoms with E-state index in [4.69, 9.17) is 0 Å². The number of hydrogen-bond donors (Lipinski definition) is 3. The van der Waals surface area contributed by atoms with Crippen LogP contribution in [-0.2, 0) is 0 Å². The molecule has 32 heavy (non-hydrogen) atoms. The Morgan fingerprint density at radius 1 is 1.19 bits per heavy atom. The highest BCUT2D eigenvalue weighted by Crippen LogP contribution is 2.56. The predicted octanol–water partition coefficient (Wildman–Crippen LogP) is 6.33. The predicted molar refractivity (Wildman–Crippen MR) is 137 cm³/mol. The molecule has 2 fully saturated rings. The van der Waals surface area contributed by atoms with E-state index in [1.165, 1.54) is 24.8 Å². The molecule has 1 unspecified atom stereocenters. The second-order valence-corrected chi connectivity index (χ2v) is 12.2. The molecule has 0 heterocycles. The highest BCUT2D eigenvalue weighted by atomic mass is 32.2. The number of thioether (sulfide) groups is 1. The quantitative estimate of drug-likeness (QED) is 0.277. The molecule has 0 aromatic heterocycles. The Morgan fingerprint density at radius 3 is 2.53 bits per heavy atom. The molecule has 3 rings (SSSR count). The summed E-state index contributed by atoms with van der Waals surface area (Å²) in [5, 5.41) is 31.1. The molecule has 0 saturated heterocycles. The zero-order chi connectivity index (χ0) is 23.4. The van der Waals surface area contributed by atoms with Crippen LogP contribution in [0.5, 0.6) is 0 Å². The standard InChI is InChI=1S/C28H46O3S/c1-5-28(31,6-2)15-8-16-32-20(3)25-12-13-26-22(9-7-14-27(25,26)4)11-10-21-17-23(29)19-24(30)18-21/h10-12,20,23-24,26,29-31H,5-9,13-19H2,1-4H3/b22-11+/t20-,23+,24+,26?,27+/m0/s1. The lowest BCUT2D eigenvalue weighted by Gasteiger charge is -2.42. The molecule has 0 aliphatic heterocycles. The van der Waals surface area contributed by atoms with Gasteiger partial charge in [0.2, 0.25) is 0 Å². The van der Waals surface area contributed by atoms with E-state index in [1.54, 1.807) is 11.1 Å².